The molecule has 0 bridgehead atoms. The minimum Gasteiger partial charge on any atom is -0.497 e. The number of halogens is 1. The normalized spacial score (nSPS) is 12.4. The third-order valence-corrected chi connectivity index (χ3v) is 4.67. The van der Waals surface area contributed by atoms with Crippen LogP contribution in [0.3, 0.4) is 0 Å². The van der Waals surface area contributed by atoms with E-state index < -0.39 is 0 Å². The largest absolute Gasteiger partial charge is 0.497 e. The van der Waals surface area contributed by atoms with E-state index in [0.717, 1.165) is 22.6 Å². The maximum Gasteiger partial charge on any atom is 0.246 e. The molecule has 3 aromatic rings. The van der Waals surface area contributed by atoms with Gasteiger partial charge in [-0.1, -0.05) is 28.9 Å². The Balaban J connectivity index is 1.64. The average Bonchev–Trinajstić information content (AvgIpc) is 3.25. The van der Waals surface area contributed by atoms with Gasteiger partial charge in [0.05, 0.1) is 26.8 Å². The summed E-state index contributed by atoms with van der Waals surface area (Å²) in [6.07, 6.45) is 0. The van der Waals surface area contributed by atoms with E-state index in [0.29, 0.717) is 29.2 Å². The molecule has 0 amide bonds. The van der Waals surface area contributed by atoms with Gasteiger partial charge in [0.2, 0.25) is 11.7 Å². The van der Waals surface area contributed by atoms with Crippen molar-refractivity contribution >= 4 is 17.6 Å². The third-order valence-electron chi connectivity index (χ3n) is 4.44. The van der Waals surface area contributed by atoms with Crippen molar-refractivity contribution < 1.29 is 14.0 Å². The van der Waals surface area contributed by atoms with Crippen LogP contribution in [0, 0.1) is 0 Å². The molecule has 0 saturated heterocycles. The Morgan fingerprint density at radius 3 is 2.73 bits per heavy atom. The minimum atomic E-state index is -0.0917. The summed E-state index contributed by atoms with van der Waals surface area (Å²) in [6.45, 7) is 2.32. The Labute approximate surface area is 180 Å². The van der Waals surface area contributed by atoms with Crippen molar-refractivity contribution in [3.8, 4) is 22.9 Å². The van der Waals surface area contributed by atoms with E-state index in [2.05, 4.69) is 25.8 Å². The first kappa shape index (κ1) is 21.4. The van der Waals surface area contributed by atoms with Crippen LogP contribution in [0.4, 0.5) is 0 Å². The Morgan fingerprint density at radius 2 is 2.03 bits per heavy atom. The van der Waals surface area contributed by atoms with E-state index in [1.165, 1.54) is 0 Å². The fourth-order valence-electron chi connectivity index (χ4n) is 2.89. The van der Waals surface area contributed by atoms with Crippen LogP contribution in [0.2, 0.25) is 5.02 Å². The number of benzene rings is 2. The van der Waals surface area contributed by atoms with Gasteiger partial charge in [-0.05, 0) is 37.3 Å². The highest BCUT2D eigenvalue weighted by Crippen LogP contribution is 2.29. The summed E-state index contributed by atoms with van der Waals surface area (Å²) in [7, 11) is 4.96. The van der Waals surface area contributed by atoms with Gasteiger partial charge >= 0.3 is 0 Å². The molecule has 8 nitrogen and oxygen atoms in total. The van der Waals surface area contributed by atoms with E-state index in [1.54, 1.807) is 33.4 Å². The summed E-state index contributed by atoms with van der Waals surface area (Å²) in [5.41, 5.74) is 1.74. The van der Waals surface area contributed by atoms with E-state index in [1.807, 2.05) is 37.3 Å². The number of hydrogen-bond donors (Lipinski definition) is 2. The molecule has 1 aromatic heterocycles. The Morgan fingerprint density at radius 1 is 1.20 bits per heavy atom. The van der Waals surface area contributed by atoms with Crippen molar-refractivity contribution in [1.29, 1.82) is 0 Å². The van der Waals surface area contributed by atoms with E-state index in [4.69, 9.17) is 25.6 Å². The standard InChI is InChI=1S/C21H24ClN5O3/c1-13(17-11-16(28-3)8-9-18(17)29-4)25-21(23-2)24-12-19-26-20(27-30-19)14-6-5-7-15(22)10-14/h5-11,13H,12H2,1-4H3,(H2,23,24,25). The lowest BCUT2D eigenvalue weighted by atomic mass is 10.1. The molecular formula is C21H24ClN5O3. The van der Waals surface area contributed by atoms with E-state index in [-0.39, 0.29) is 6.04 Å². The molecule has 0 aliphatic rings. The molecule has 0 aliphatic carbocycles. The smallest absolute Gasteiger partial charge is 0.246 e. The average molecular weight is 430 g/mol. The Bertz CT molecular complexity index is 1020. The van der Waals surface area contributed by atoms with Crippen LogP contribution in [-0.4, -0.2) is 37.4 Å². The van der Waals surface area contributed by atoms with Crippen molar-refractivity contribution in [3.05, 3.63) is 58.9 Å². The maximum absolute atomic E-state index is 6.02. The van der Waals surface area contributed by atoms with Crippen LogP contribution < -0.4 is 20.1 Å². The number of aromatic nitrogens is 2. The number of nitrogens with zero attached hydrogens (tertiary/aromatic N) is 3. The quantitative estimate of drug-likeness (QED) is 0.435. The van der Waals surface area contributed by atoms with Crippen molar-refractivity contribution in [2.45, 2.75) is 19.5 Å². The van der Waals surface area contributed by atoms with Crippen LogP contribution in [0.1, 0.15) is 24.4 Å². The van der Waals surface area contributed by atoms with Gasteiger partial charge in [-0.2, -0.15) is 4.98 Å². The second kappa shape index (κ2) is 9.98. The molecule has 1 heterocycles. The fraction of sp³-hybridized carbons (Fsp3) is 0.286. The molecule has 0 aliphatic heterocycles. The van der Waals surface area contributed by atoms with Crippen LogP contribution in [0.5, 0.6) is 11.5 Å². The van der Waals surface area contributed by atoms with Crippen LogP contribution in [0.15, 0.2) is 52.0 Å². The Hall–Kier alpha value is -3.26. The van der Waals surface area contributed by atoms with Crippen LogP contribution >= 0.6 is 11.6 Å². The molecule has 3 rings (SSSR count). The van der Waals surface area contributed by atoms with Gasteiger partial charge in [-0.15, -0.1) is 0 Å². The highest BCUT2D eigenvalue weighted by atomic mass is 35.5. The molecule has 2 N–H and O–H groups in total. The van der Waals surface area contributed by atoms with Crippen molar-refractivity contribution in [1.82, 2.24) is 20.8 Å². The summed E-state index contributed by atoms with van der Waals surface area (Å²) >= 11 is 6.02. The highest BCUT2D eigenvalue weighted by Gasteiger charge is 2.15. The molecule has 1 atom stereocenters. The molecule has 0 fully saturated rings. The molecule has 30 heavy (non-hydrogen) atoms. The first-order valence-corrected chi connectivity index (χ1v) is 9.69. The summed E-state index contributed by atoms with van der Waals surface area (Å²) < 4.78 is 16.1. The molecule has 0 spiro atoms. The van der Waals surface area contributed by atoms with Crippen molar-refractivity contribution in [2.24, 2.45) is 4.99 Å². The van der Waals surface area contributed by atoms with E-state index in [9.17, 15) is 0 Å². The SMILES string of the molecule is CN=C(NCc1nc(-c2cccc(Cl)c2)no1)NC(C)c1cc(OC)ccc1OC. The number of ether oxygens (including phenoxy) is 2. The topological polar surface area (TPSA) is 93.8 Å². The number of nitrogens with one attached hydrogen (secondary N) is 2. The van der Waals surface area contributed by atoms with Crippen molar-refractivity contribution in [3.63, 3.8) is 0 Å². The molecule has 158 valence electrons. The molecular weight excluding hydrogens is 406 g/mol. The number of guanidine groups is 1. The zero-order valence-electron chi connectivity index (χ0n) is 17.3. The summed E-state index contributed by atoms with van der Waals surface area (Å²) in [6, 6.07) is 12.9. The second-order valence-corrected chi connectivity index (χ2v) is 6.86. The number of aliphatic imine (C=N–C) groups is 1. The minimum absolute atomic E-state index is 0.0917. The van der Waals surface area contributed by atoms with Crippen LogP contribution in [0.25, 0.3) is 11.4 Å². The number of rotatable bonds is 7. The third kappa shape index (κ3) is 5.21. The predicted octanol–water partition coefficient (Wildman–Crippen LogP) is 3.83. The first-order valence-electron chi connectivity index (χ1n) is 9.31. The molecule has 1 unspecified atom stereocenters. The lowest BCUT2D eigenvalue weighted by Gasteiger charge is -2.20. The summed E-state index contributed by atoms with van der Waals surface area (Å²) in [5, 5.41) is 11.1. The number of methoxy groups -OCH3 is 2. The molecule has 0 radical (unpaired) electrons. The summed E-state index contributed by atoms with van der Waals surface area (Å²) in [5.74, 6) is 3.00. The van der Waals surface area contributed by atoms with Gasteiger partial charge in [0.1, 0.15) is 11.5 Å². The lowest BCUT2D eigenvalue weighted by Crippen LogP contribution is -2.38. The molecule has 2 aromatic carbocycles. The van der Waals surface area contributed by atoms with Gasteiger partial charge in [0.15, 0.2) is 5.96 Å². The molecule has 0 saturated carbocycles. The van der Waals surface area contributed by atoms with Gasteiger partial charge in [-0.3, -0.25) is 4.99 Å². The number of hydrogen-bond acceptors (Lipinski definition) is 6. The van der Waals surface area contributed by atoms with Crippen LogP contribution in [-0.2, 0) is 6.54 Å². The second-order valence-electron chi connectivity index (χ2n) is 6.42. The van der Waals surface area contributed by atoms with Gasteiger partial charge in [0, 0.05) is 23.2 Å². The fourth-order valence-corrected chi connectivity index (χ4v) is 3.08. The van der Waals surface area contributed by atoms with Crippen molar-refractivity contribution in [2.75, 3.05) is 21.3 Å². The maximum atomic E-state index is 6.02. The Kier molecular flexibility index (Phi) is 7.13. The highest BCUT2D eigenvalue weighted by molar-refractivity contribution is 6.30. The van der Waals surface area contributed by atoms with Gasteiger partial charge in [-0.25, -0.2) is 0 Å². The zero-order chi connectivity index (χ0) is 21.5. The van der Waals surface area contributed by atoms with E-state index >= 15 is 0 Å². The van der Waals surface area contributed by atoms with Gasteiger partial charge < -0.3 is 24.6 Å². The zero-order valence-corrected chi connectivity index (χ0v) is 18.0. The first-order chi connectivity index (χ1) is 14.5. The van der Waals surface area contributed by atoms with Gasteiger partial charge in [0.25, 0.3) is 0 Å². The summed E-state index contributed by atoms with van der Waals surface area (Å²) in [4.78, 5) is 8.66. The lowest BCUT2D eigenvalue weighted by molar-refractivity contribution is 0.375. The monoisotopic (exact) mass is 429 g/mol. The predicted molar refractivity (Wildman–Crippen MR) is 116 cm³/mol. The molecule has 9 heteroatoms.